The molecule has 0 spiro atoms. The summed E-state index contributed by atoms with van der Waals surface area (Å²) in [5.41, 5.74) is 51.1. The molecule has 3 nitrogen and oxygen atoms in total. The number of anilines is 6. The number of fused-ring (bicyclic) bond motifs is 18. The lowest BCUT2D eigenvalue weighted by atomic mass is 9.66. The molecule has 5 aliphatic carbocycles. The third kappa shape index (κ3) is 12.6. The first-order chi connectivity index (χ1) is 66.5. The fourth-order valence-corrected chi connectivity index (χ4v) is 24.3. The highest BCUT2D eigenvalue weighted by molar-refractivity contribution is 6.12. The van der Waals surface area contributed by atoms with E-state index in [9.17, 15) is 0 Å². The third-order valence-corrected chi connectivity index (χ3v) is 30.9. The largest absolute Gasteiger partial charge is 0.455 e. The summed E-state index contributed by atoms with van der Waals surface area (Å²) in [5, 5.41) is 2.24. The summed E-state index contributed by atoms with van der Waals surface area (Å²) in [6.45, 7) is 19.0. The van der Waals surface area contributed by atoms with Crippen molar-refractivity contribution in [3.63, 3.8) is 0 Å². The van der Waals surface area contributed by atoms with E-state index in [0.717, 1.165) is 72.8 Å². The van der Waals surface area contributed by atoms with E-state index in [4.69, 9.17) is 4.42 Å². The molecule has 0 amide bonds. The maximum Gasteiger partial charge on any atom is 0.143 e. The van der Waals surface area contributed by atoms with Crippen LogP contribution in [0.5, 0.6) is 0 Å². The van der Waals surface area contributed by atoms with Crippen LogP contribution in [0.15, 0.2) is 465 Å². The lowest BCUT2D eigenvalue weighted by Crippen LogP contribution is -2.29. The summed E-state index contributed by atoms with van der Waals surface area (Å²) in [4.78, 5) is 4.88. The lowest BCUT2D eigenvalue weighted by molar-refractivity contribution is 0.660. The molecule has 648 valence electrons. The molecule has 0 bridgehead atoms. The van der Waals surface area contributed by atoms with Gasteiger partial charge in [-0.2, -0.15) is 0 Å². The van der Waals surface area contributed by atoms with Crippen LogP contribution in [0.2, 0.25) is 0 Å². The van der Waals surface area contributed by atoms with Crippen molar-refractivity contribution >= 4 is 56.1 Å². The summed E-state index contributed by atoms with van der Waals surface area (Å²) in [6.07, 6.45) is 0. The van der Waals surface area contributed by atoms with Crippen LogP contribution in [0.3, 0.4) is 0 Å². The van der Waals surface area contributed by atoms with Crippen molar-refractivity contribution in [3.8, 4) is 122 Å². The zero-order valence-corrected chi connectivity index (χ0v) is 77.7. The van der Waals surface area contributed by atoms with Gasteiger partial charge >= 0.3 is 0 Å². The van der Waals surface area contributed by atoms with Gasteiger partial charge in [0.15, 0.2) is 0 Å². The molecule has 136 heavy (non-hydrogen) atoms. The molecule has 0 N–H and O–H groups in total. The third-order valence-electron chi connectivity index (χ3n) is 30.9. The van der Waals surface area contributed by atoms with Gasteiger partial charge in [0, 0.05) is 72.0 Å². The molecule has 1 aromatic heterocycles. The molecule has 26 rings (SSSR count). The van der Waals surface area contributed by atoms with E-state index in [1.54, 1.807) is 0 Å². The predicted octanol–water partition coefficient (Wildman–Crippen LogP) is 35.8. The monoisotopic (exact) mass is 1740 g/mol. The van der Waals surface area contributed by atoms with Crippen LogP contribution in [-0.2, 0) is 27.1 Å². The Morgan fingerprint density at radius 3 is 1.08 bits per heavy atom. The van der Waals surface area contributed by atoms with E-state index >= 15 is 0 Å². The minimum atomic E-state index is -0.641. The van der Waals surface area contributed by atoms with Gasteiger partial charge in [0.05, 0.1) is 11.1 Å². The maximum atomic E-state index is 6.85. The van der Waals surface area contributed by atoms with Crippen molar-refractivity contribution in [3.05, 3.63) is 528 Å². The van der Waals surface area contributed by atoms with Crippen LogP contribution in [0.1, 0.15) is 122 Å². The number of para-hydroxylation sites is 3. The summed E-state index contributed by atoms with van der Waals surface area (Å²) in [5.74, 6) is 0. The number of hydrogen-bond acceptors (Lipinski definition) is 3. The van der Waals surface area contributed by atoms with Gasteiger partial charge in [-0.3, -0.25) is 0 Å². The SMILES string of the molecule is CC1(C)c2ccccc2-c2ccc(N(c3ccc(-c4cccc5c4-c4ccc(-c6cccc7c6-c6ccccc6C7(C)C)cc4C5(C)C)cc3)c3ccccc3-c3ccccc3)cc21.CC1(C)c2ccccc2-c2ccc(N(c3ccc(-c4ccccc4)cc3)c3ccc(-c4ccc(-c5cccc6c5oc5ccccc56)c5c4-c4ccccc4C5(c4ccccc4)c4ccccc4)cc3)cc21. The van der Waals surface area contributed by atoms with Crippen LogP contribution in [0.25, 0.3) is 144 Å². The number of furan rings is 1. The summed E-state index contributed by atoms with van der Waals surface area (Å²) in [6, 6.07) is 171. The van der Waals surface area contributed by atoms with Crippen LogP contribution in [-0.4, -0.2) is 0 Å². The van der Waals surface area contributed by atoms with Gasteiger partial charge in [-0.05, 0) is 257 Å². The van der Waals surface area contributed by atoms with Crippen molar-refractivity contribution in [2.75, 3.05) is 9.80 Å². The molecule has 21 aromatic rings. The van der Waals surface area contributed by atoms with E-state index in [0.29, 0.717) is 0 Å². The average molecular weight is 1740 g/mol. The summed E-state index contributed by atoms with van der Waals surface area (Å²) >= 11 is 0. The fraction of sp³-hybridized carbons (Fsp3) is 0.0977. The Kier molecular flexibility index (Phi) is 18.9. The van der Waals surface area contributed by atoms with Crippen molar-refractivity contribution in [2.24, 2.45) is 0 Å². The number of rotatable bonds is 14. The molecular weight excluding hydrogens is 1640 g/mol. The Morgan fingerprint density at radius 2 is 0.507 bits per heavy atom. The number of benzene rings is 20. The maximum absolute atomic E-state index is 6.85. The van der Waals surface area contributed by atoms with Crippen molar-refractivity contribution in [1.82, 2.24) is 0 Å². The van der Waals surface area contributed by atoms with Gasteiger partial charge in [0.1, 0.15) is 11.2 Å². The highest BCUT2D eigenvalue weighted by Crippen LogP contribution is 2.64. The molecular formula is C133H100N2O. The van der Waals surface area contributed by atoms with Gasteiger partial charge in [-0.25, -0.2) is 0 Å². The van der Waals surface area contributed by atoms with Crippen molar-refractivity contribution in [2.45, 2.75) is 82.5 Å². The smallest absolute Gasteiger partial charge is 0.143 e. The van der Waals surface area contributed by atoms with Gasteiger partial charge in [0.2, 0.25) is 0 Å². The minimum absolute atomic E-state index is 0.0361. The molecule has 5 aliphatic rings. The molecule has 0 aliphatic heterocycles. The highest BCUT2D eigenvalue weighted by Gasteiger charge is 2.50. The Morgan fingerprint density at radius 1 is 0.184 bits per heavy atom. The highest BCUT2D eigenvalue weighted by atomic mass is 16.3. The Balaban J connectivity index is 0.000000146. The second-order valence-electron chi connectivity index (χ2n) is 39.6. The van der Waals surface area contributed by atoms with Crippen molar-refractivity contribution < 1.29 is 4.42 Å². The summed E-state index contributed by atoms with van der Waals surface area (Å²) < 4.78 is 6.85. The second-order valence-corrected chi connectivity index (χ2v) is 39.6. The number of hydrogen-bond donors (Lipinski definition) is 0. The minimum Gasteiger partial charge on any atom is -0.455 e. The zero-order valence-electron chi connectivity index (χ0n) is 77.7. The molecule has 3 heteroatoms. The average Bonchev–Trinajstić information content (AvgIpc) is 1.51. The van der Waals surface area contributed by atoms with E-state index in [1.165, 1.54) is 172 Å². The van der Waals surface area contributed by atoms with E-state index in [1.807, 2.05) is 0 Å². The molecule has 0 atom stereocenters. The Hall–Kier alpha value is -16.2. The predicted molar refractivity (Wildman–Crippen MR) is 570 cm³/mol. The molecule has 0 fully saturated rings. The summed E-state index contributed by atoms with van der Waals surface area (Å²) in [7, 11) is 0. The molecule has 0 saturated carbocycles. The zero-order chi connectivity index (χ0) is 91.5. The lowest BCUT2D eigenvalue weighted by Gasteiger charge is -2.35. The molecule has 1 heterocycles. The van der Waals surface area contributed by atoms with Crippen LogP contribution in [0.4, 0.5) is 34.1 Å². The first kappa shape index (κ1) is 81.8. The first-order valence-electron chi connectivity index (χ1n) is 47.9. The van der Waals surface area contributed by atoms with E-state index in [2.05, 4.69) is 526 Å². The van der Waals surface area contributed by atoms with Crippen molar-refractivity contribution in [1.29, 1.82) is 0 Å². The first-order valence-corrected chi connectivity index (χ1v) is 47.9. The molecule has 20 aromatic carbocycles. The topological polar surface area (TPSA) is 19.6 Å². The van der Waals surface area contributed by atoms with Gasteiger partial charge < -0.3 is 14.2 Å². The van der Waals surface area contributed by atoms with Gasteiger partial charge in [-0.1, -0.05) is 438 Å². The van der Waals surface area contributed by atoms with Crippen LogP contribution >= 0.6 is 0 Å². The quantitative estimate of drug-likeness (QED) is 0.108. The molecule has 0 saturated heterocycles. The van der Waals surface area contributed by atoms with Gasteiger partial charge in [-0.15, -0.1) is 0 Å². The fourth-order valence-electron chi connectivity index (χ4n) is 24.3. The Bertz CT molecular complexity index is 8320. The molecule has 0 radical (unpaired) electrons. The standard InChI is InChI=1S/C70H49NO.C63H51N/c1-69(2)62-30-15-12-25-55(62)56-42-41-53(45-64(56)69)71(51-37-33-47(34-38-51)46-19-6-3-7-20-46)52-39-35-48(36-40-52)54-43-44-58(60-29-18-28-59-57-26-14-17-32-65(57)72-68(59)60)67-66(54)61-27-13-16-31-63(61)70(67,49-21-8-4-9-22-49)50-23-10-5-11-24-50;1-61(2)53-26-14-11-22-50(53)60-47(24-17-27-54(60)61)42-32-36-51-56(38-42)63(5,6)55-28-16-23-46(59(51)55)41-30-33-43(34-31-41)64(58-29-15-12-20-45(58)40-18-8-7-9-19-40)44-35-37-49-48-21-10-13-25-52(48)62(3,4)57(49)39-44/h3-45H,1-2H3;7-39H,1-6H3. The second kappa shape index (κ2) is 31.5. The van der Waals surface area contributed by atoms with E-state index in [-0.39, 0.29) is 21.7 Å². The Labute approximate surface area is 797 Å². The molecule has 0 unspecified atom stereocenters. The van der Waals surface area contributed by atoms with E-state index < -0.39 is 5.41 Å². The van der Waals surface area contributed by atoms with Crippen LogP contribution in [0, 0.1) is 0 Å². The number of nitrogens with zero attached hydrogens (tertiary/aromatic N) is 2. The van der Waals surface area contributed by atoms with Crippen LogP contribution < -0.4 is 9.80 Å². The normalized spacial score (nSPS) is 14.3. The van der Waals surface area contributed by atoms with Gasteiger partial charge in [0.25, 0.3) is 0 Å².